The molecule has 0 aliphatic heterocycles. The van der Waals surface area contributed by atoms with E-state index in [9.17, 15) is 0 Å². The Morgan fingerprint density at radius 3 is 2.61 bits per heavy atom. The molecule has 3 rings (SSSR count). The second-order valence-corrected chi connectivity index (χ2v) is 6.65. The lowest BCUT2D eigenvalue weighted by Gasteiger charge is -2.25. The molecule has 1 aromatic carbocycles. The number of hydrogen-bond donors (Lipinski definition) is 1. The second kappa shape index (κ2) is 8.83. The number of unbranched alkanes of at least 4 members (excludes halogenated alkanes) is 3. The summed E-state index contributed by atoms with van der Waals surface area (Å²) in [6.07, 6.45) is 11.9. The molecule has 2 aromatic rings. The molecule has 1 aromatic heterocycles. The van der Waals surface area contributed by atoms with Gasteiger partial charge in [0.1, 0.15) is 0 Å². The summed E-state index contributed by atoms with van der Waals surface area (Å²) in [5.74, 6) is 0. The predicted octanol–water partition coefficient (Wildman–Crippen LogP) is 4.33. The molecule has 0 bridgehead atoms. The first-order chi connectivity index (χ1) is 11.4. The van der Waals surface area contributed by atoms with Crippen LogP contribution < -0.4 is 5.32 Å². The van der Waals surface area contributed by atoms with Crippen LogP contribution in [0.25, 0.3) is 0 Å². The van der Waals surface area contributed by atoms with Gasteiger partial charge in [-0.3, -0.25) is 4.98 Å². The number of aromatic nitrogens is 1. The van der Waals surface area contributed by atoms with E-state index >= 15 is 0 Å². The van der Waals surface area contributed by atoms with Crippen LogP contribution in [0.1, 0.15) is 48.9 Å². The monoisotopic (exact) mass is 308 g/mol. The van der Waals surface area contributed by atoms with Crippen molar-refractivity contribution >= 4 is 0 Å². The molecule has 1 unspecified atom stereocenters. The van der Waals surface area contributed by atoms with E-state index in [0.717, 1.165) is 13.0 Å². The first kappa shape index (κ1) is 16.2. The van der Waals surface area contributed by atoms with Gasteiger partial charge in [-0.15, -0.1) is 0 Å². The molecule has 1 atom stereocenters. The van der Waals surface area contributed by atoms with Crippen LogP contribution in [-0.2, 0) is 19.3 Å². The maximum Gasteiger partial charge on any atom is 0.0403 e. The van der Waals surface area contributed by atoms with E-state index in [0.29, 0.717) is 6.04 Å². The molecule has 1 N–H and O–H groups in total. The molecule has 0 saturated heterocycles. The highest BCUT2D eigenvalue weighted by atomic mass is 14.9. The fourth-order valence-electron chi connectivity index (χ4n) is 3.51. The average Bonchev–Trinajstić information content (AvgIpc) is 2.61. The van der Waals surface area contributed by atoms with Crippen molar-refractivity contribution in [1.82, 2.24) is 10.3 Å². The van der Waals surface area contributed by atoms with Gasteiger partial charge in [-0.05, 0) is 68.3 Å². The first-order valence-corrected chi connectivity index (χ1v) is 9.12. The minimum atomic E-state index is 0.679. The van der Waals surface area contributed by atoms with Gasteiger partial charge in [-0.1, -0.05) is 43.2 Å². The van der Waals surface area contributed by atoms with Gasteiger partial charge in [0, 0.05) is 17.9 Å². The molecular weight excluding hydrogens is 280 g/mol. The predicted molar refractivity (Wildman–Crippen MR) is 96.7 cm³/mol. The molecule has 0 spiro atoms. The lowest BCUT2D eigenvalue weighted by atomic mass is 9.88. The van der Waals surface area contributed by atoms with E-state index in [4.69, 9.17) is 0 Å². The van der Waals surface area contributed by atoms with Gasteiger partial charge in [0.2, 0.25) is 0 Å². The smallest absolute Gasteiger partial charge is 0.0403 e. The molecule has 0 radical (unpaired) electrons. The number of aryl methyl sites for hydroxylation is 2. The van der Waals surface area contributed by atoms with Crippen LogP contribution in [0.15, 0.2) is 48.7 Å². The van der Waals surface area contributed by atoms with Crippen LogP contribution in [0.3, 0.4) is 0 Å². The van der Waals surface area contributed by atoms with Gasteiger partial charge >= 0.3 is 0 Å². The van der Waals surface area contributed by atoms with Crippen molar-refractivity contribution in [2.45, 2.75) is 57.4 Å². The Morgan fingerprint density at radius 1 is 0.913 bits per heavy atom. The second-order valence-electron chi connectivity index (χ2n) is 6.65. The standard InChI is InChI=1S/C21H28N2/c1(3-11-20-12-6-8-16-22-20)2-7-15-23-21-14-13-18-9-4-5-10-19(18)17-21/h4-6,8-10,12,16,21,23H,1-3,7,11,13-15,17H2. The summed E-state index contributed by atoms with van der Waals surface area (Å²) in [5.41, 5.74) is 4.33. The number of nitrogens with one attached hydrogen (secondary N) is 1. The minimum Gasteiger partial charge on any atom is -0.314 e. The first-order valence-electron chi connectivity index (χ1n) is 9.12. The Labute approximate surface area is 140 Å². The number of nitrogens with zero attached hydrogens (tertiary/aromatic N) is 1. The van der Waals surface area contributed by atoms with Gasteiger partial charge in [0.05, 0.1) is 0 Å². The van der Waals surface area contributed by atoms with Gasteiger partial charge in [-0.2, -0.15) is 0 Å². The fraction of sp³-hybridized carbons (Fsp3) is 0.476. The normalized spacial score (nSPS) is 17.0. The highest BCUT2D eigenvalue weighted by molar-refractivity contribution is 5.30. The largest absolute Gasteiger partial charge is 0.314 e. The van der Waals surface area contributed by atoms with Gasteiger partial charge in [0.25, 0.3) is 0 Å². The third-order valence-electron chi connectivity index (χ3n) is 4.87. The van der Waals surface area contributed by atoms with Crippen LogP contribution in [-0.4, -0.2) is 17.6 Å². The molecule has 0 amide bonds. The Morgan fingerprint density at radius 2 is 1.74 bits per heavy atom. The zero-order chi connectivity index (χ0) is 15.7. The molecule has 2 nitrogen and oxygen atoms in total. The van der Waals surface area contributed by atoms with Crippen LogP contribution in [0, 0.1) is 0 Å². The van der Waals surface area contributed by atoms with E-state index in [1.54, 1.807) is 11.1 Å². The molecule has 0 fully saturated rings. The van der Waals surface area contributed by atoms with Crippen LogP contribution in [0.5, 0.6) is 0 Å². The van der Waals surface area contributed by atoms with Crippen molar-refractivity contribution < 1.29 is 0 Å². The van der Waals surface area contributed by atoms with Crippen molar-refractivity contribution in [1.29, 1.82) is 0 Å². The maximum absolute atomic E-state index is 4.38. The molecule has 1 heterocycles. The SMILES string of the molecule is c1ccc(CCCCCCNC2CCc3ccccc3C2)nc1. The summed E-state index contributed by atoms with van der Waals surface area (Å²) >= 11 is 0. The zero-order valence-electron chi connectivity index (χ0n) is 14.0. The van der Waals surface area contributed by atoms with Gasteiger partial charge < -0.3 is 5.32 Å². The quantitative estimate of drug-likeness (QED) is 0.734. The summed E-state index contributed by atoms with van der Waals surface area (Å²) in [6, 6.07) is 15.8. The minimum absolute atomic E-state index is 0.679. The highest BCUT2D eigenvalue weighted by Gasteiger charge is 2.16. The lowest BCUT2D eigenvalue weighted by Crippen LogP contribution is -2.35. The van der Waals surface area contributed by atoms with Crippen molar-refractivity contribution in [3.05, 3.63) is 65.5 Å². The molecule has 23 heavy (non-hydrogen) atoms. The van der Waals surface area contributed by atoms with Crippen molar-refractivity contribution in [2.24, 2.45) is 0 Å². The van der Waals surface area contributed by atoms with Crippen molar-refractivity contribution in [3.8, 4) is 0 Å². The molecular formula is C21H28N2. The van der Waals surface area contributed by atoms with Crippen molar-refractivity contribution in [3.63, 3.8) is 0 Å². The number of pyridine rings is 1. The third-order valence-corrected chi connectivity index (χ3v) is 4.87. The fourth-order valence-corrected chi connectivity index (χ4v) is 3.51. The Kier molecular flexibility index (Phi) is 6.22. The Balaban J connectivity index is 1.25. The molecule has 1 aliphatic rings. The van der Waals surface area contributed by atoms with E-state index < -0.39 is 0 Å². The summed E-state index contributed by atoms with van der Waals surface area (Å²) < 4.78 is 0. The Bertz CT molecular complexity index is 579. The average molecular weight is 308 g/mol. The number of rotatable bonds is 8. The molecule has 1 aliphatic carbocycles. The summed E-state index contributed by atoms with van der Waals surface area (Å²) in [5, 5.41) is 3.76. The molecule has 0 saturated carbocycles. The third kappa shape index (κ3) is 5.18. The summed E-state index contributed by atoms with van der Waals surface area (Å²) in [4.78, 5) is 4.38. The summed E-state index contributed by atoms with van der Waals surface area (Å²) in [6.45, 7) is 1.16. The zero-order valence-corrected chi connectivity index (χ0v) is 14.0. The molecule has 2 heteroatoms. The topological polar surface area (TPSA) is 24.9 Å². The van der Waals surface area contributed by atoms with E-state index in [-0.39, 0.29) is 0 Å². The van der Waals surface area contributed by atoms with Crippen molar-refractivity contribution in [2.75, 3.05) is 6.54 Å². The van der Waals surface area contributed by atoms with Crippen LogP contribution in [0.2, 0.25) is 0 Å². The maximum atomic E-state index is 4.38. The number of fused-ring (bicyclic) bond motifs is 1. The van der Waals surface area contributed by atoms with E-state index in [1.165, 1.54) is 50.6 Å². The van der Waals surface area contributed by atoms with Crippen LogP contribution in [0.4, 0.5) is 0 Å². The van der Waals surface area contributed by atoms with Gasteiger partial charge in [0.15, 0.2) is 0 Å². The number of benzene rings is 1. The number of hydrogen-bond acceptors (Lipinski definition) is 2. The van der Waals surface area contributed by atoms with Crippen LogP contribution >= 0.6 is 0 Å². The van der Waals surface area contributed by atoms with Gasteiger partial charge in [-0.25, -0.2) is 0 Å². The molecule has 122 valence electrons. The highest BCUT2D eigenvalue weighted by Crippen LogP contribution is 2.21. The van der Waals surface area contributed by atoms with E-state index in [1.807, 2.05) is 12.3 Å². The van der Waals surface area contributed by atoms with E-state index in [2.05, 4.69) is 46.7 Å². The summed E-state index contributed by atoms with van der Waals surface area (Å²) in [7, 11) is 0. The Hall–Kier alpha value is -1.67. The lowest BCUT2D eigenvalue weighted by molar-refractivity contribution is 0.447.